The summed E-state index contributed by atoms with van der Waals surface area (Å²) in [5.41, 5.74) is 2.34. The van der Waals surface area contributed by atoms with E-state index in [0.29, 0.717) is 41.6 Å². The molecule has 3 aromatic heterocycles. The molecule has 9 heteroatoms. The summed E-state index contributed by atoms with van der Waals surface area (Å²) >= 11 is 0. The van der Waals surface area contributed by atoms with Crippen molar-refractivity contribution in [1.82, 2.24) is 19.6 Å². The van der Waals surface area contributed by atoms with E-state index in [9.17, 15) is 18.0 Å². The molecule has 0 amide bonds. The number of hydrogen-bond acceptors (Lipinski definition) is 5. The van der Waals surface area contributed by atoms with Crippen molar-refractivity contribution in [3.8, 4) is 0 Å². The normalized spacial score (nSPS) is 16.9. The highest BCUT2D eigenvalue weighted by molar-refractivity contribution is 5.54. The zero-order valence-electron chi connectivity index (χ0n) is 15.7. The molecule has 0 N–H and O–H groups in total. The number of hydrogen-bond donors (Lipinski definition) is 0. The summed E-state index contributed by atoms with van der Waals surface area (Å²) in [6, 6.07) is 4.50. The Morgan fingerprint density at radius 2 is 1.97 bits per heavy atom. The second-order valence-corrected chi connectivity index (χ2v) is 7.71. The maximum absolute atomic E-state index is 13.0. The number of fused-ring (bicyclic) bond motifs is 2. The van der Waals surface area contributed by atoms with E-state index in [0.717, 1.165) is 36.4 Å². The zero-order chi connectivity index (χ0) is 20.3. The summed E-state index contributed by atoms with van der Waals surface area (Å²) in [5, 5.41) is 4.49. The summed E-state index contributed by atoms with van der Waals surface area (Å²) in [4.78, 5) is 23.0. The fourth-order valence-electron chi connectivity index (χ4n) is 3.80. The average Bonchev–Trinajstić information content (AvgIpc) is 3.51. The molecule has 3 aromatic rings. The van der Waals surface area contributed by atoms with Crippen molar-refractivity contribution < 1.29 is 13.2 Å². The fourth-order valence-corrected chi connectivity index (χ4v) is 3.80. The smallest absolute Gasteiger partial charge is 0.350 e. The van der Waals surface area contributed by atoms with Gasteiger partial charge in [0.1, 0.15) is 0 Å². The molecule has 0 radical (unpaired) electrons. The van der Waals surface area contributed by atoms with Crippen LogP contribution in [0, 0.1) is 6.92 Å². The minimum Gasteiger partial charge on any atom is -0.350 e. The zero-order valence-corrected chi connectivity index (χ0v) is 15.7. The molecule has 5 rings (SSSR count). The molecule has 29 heavy (non-hydrogen) atoms. The quantitative estimate of drug-likeness (QED) is 0.660. The summed E-state index contributed by atoms with van der Waals surface area (Å²) < 4.78 is 40.4. The molecular weight excluding hydrogens is 383 g/mol. The lowest BCUT2D eigenvalue weighted by atomic mass is 10.0. The van der Waals surface area contributed by atoms with Crippen molar-refractivity contribution in [2.75, 3.05) is 11.4 Å². The van der Waals surface area contributed by atoms with Crippen molar-refractivity contribution >= 4 is 11.5 Å². The van der Waals surface area contributed by atoms with E-state index in [-0.39, 0.29) is 12.1 Å². The highest BCUT2D eigenvalue weighted by Crippen LogP contribution is 2.38. The van der Waals surface area contributed by atoms with Gasteiger partial charge in [-0.2, -0.15) is 17.7 Å². The molecule has 4 heterocycles. The van der Waals surface area contributed by atoms with E-state index >= 15 is 0 Å². The molecule has 1 aliphatic heterocycles. The standard InChI is InChI=1S/C20H18F3N5O/c1-11-6-17-25-16(12-2-3-12)8-18(29)28(17)26-19(11)27-5-4-15-13(10-27)7-14(9-24-15)20(21,22)23/h6-9,12H,2-5,10H2,1H3. The van der Waals surface area contributed by atoms with Gasteiger partial charge in [0, 0.05) is 43.4 Å². The van der Waals surface area contributed by atoms with E-state index in [1.807, 2.05) is 17.9 Å². The molecule has 6 nitrogen and oxygen atoms in total. The first-order chi connectivity index (χ1) is 13.8. The van der Waals surface area contributed by atoms with Gasteiger partial charge < -0.3 is 4.90 Å². The van der Waals surface area contributed by atoms with Crippen LogP contribution in [0.2, 0.25) is 0 Å². The molecule has 0 atom stereocenters. The third-order valence-corrected chi connectivity index (χ3v) is 5.50. The minimum atomic E-state index is -4.43. The van der Waals surface area contributed by atoms with Gasteiger partial charge in [-0.3, -0.25) is 9.78 Å². The van der Waals surface area contributed by atoms with Crippen molar-refractivity contribution in [2.45, 2.75) is 44.8 Å². The second kappa shape index (κ2) is 6.27. The van der Waals surface area contributed by atoms with E-state index in [1.54, 1.807) is 0 Å². The van der Waals surface area contributed by atoms with E-state index in [4.69, 9.17) is 0 Å². The number of rotatable bonds is 2. The van der Waals surface area contributed by atoms with Crippen LogP contribution in [0.1, 0.15) is 46.8 Å². The third-order valence-electron chi connectivity index (χ3n) is 5.50. The first-order valence-corrected chi connectivity index (χ1v) is 9.51. The highest BCUT2D eigenvalue weighted by atomic mass is 19.4. The summed E-state index contributed by atoms with van der Waals surface area (Å²) in [6.45, 7) is 2.69. The Morgan fingerprint density at radius 3 is 2.69 bits per heavy atom. The summed E-state index contributed by atoms with van der Waals surface area (Å²) in [5.74, 6) is 0.935. The molecule has 0 aromatic carbocycles. The molecule has 0 saturated heterocycles. The van der Waals surface area contributed by atoms with E-state index in [2.05, 4.69) is 15.1 Å². The third kappa shape index (κ3) is 3.24. The van der Waals surface area contributed by atoms with Crippen molar-refractivity contribution in [2.24, 2.45) is 0 Å². The number of pyridine rings is 1. The molecular formula is C20H18F3N5O. The van der Waals surface area contributed by atoms with Gasteiger partial charge >= 0.3 is 6.18 Å². The number of aromatic nitrogens is 4. The summed E-state index contributed by atoms with van der Waals surface area (Å²) in [7, 11) is 0. The topological polar surface area (TPSA) is 63.4 Å². The lowest BCUT2D eigenvalue weighted by Crippen LogP contribution is -2.33. The Balaban J connectivity index is 1.53. The van der Waals surface area contributed by atoms with Crippen molar-refractivity contribution in [3.05, 3.63) is 62.8 Å². The van der Waals surface area contributed by atoms with Gasteiger partial charge in [0.2, 0.25) is 0 Å². The highest BCUT2D eigenvalue weighted by Gasteiger charge is 2.33. The van der Waals surface area contributed by atoms with E-state index < -0.39 is 11.7 Å². The van der Waals surface area contributed by atoms with Crippen LogP contribution in [0.15, 0.2) is 29.2 Å². The fraction of sp³-hybridized carbons (Fsp3) is 0.400. The van der Waals surface area contributed by atoms with Gasteiger partial charge in [-0.15, -0.1) is 5.10 Å². The molecule has 1 aliphatic carbocycles. The molecule has 0 spiro atoms. The molecule has 1 fully saturated rings. The summed E-state index contributed by atoms with van der Waals surface area (Å²) in [6.07, 6.45) is -0.931. The van der Waals surface area contributed by atoms with Gasteiger partial charge in [0.05, 0.1) is 11.3 Å². The van der Waals surface area contributed by atoms with Crippen LogP contribution in [0.4, 0.5) is 19.0 Å². The number of aryl methyl sites for hydroxylation is 1. The largest absolute Gasteiger partial charge is 0.417 e. The lowest BCUT2D eigenvalue weighted by molar-refractivity contribution is -0.137. The molecule has 150 valence electrons. The Hall–Kier alpha value is -2.97. The van der Waals surface area contributed by atoms with Crippen LogP contribution < -0.4 is 10.5 Å². The Kier molecular flexibility index (Phi) is 3.91. The number of alkyl halides is 3. The molecule has 0 unspecified atom stereocenters. The monoisotopic (exact) mass is 401 g/mol. The van der Waals surface area contributed by atoms with Gasteiger partial charge in [0.25, 0.3) is 5.56 Å². The van der Waals surface area contributed by atoms with Gasteiger partial charge in [0.15, 0.2) is 11.5 Å². The molecule has 0 bridgehead atoms. The Bertz CT molecular complexity index is 1180. The number of anilines is 1. The maximum Gasteiger partial charge on any atom is 0.417 e. The maximum atomic E-state index is 13.0. The first-order valence-electron chi connectivity index (χ1n) is 9.51. The first kappa shape index (κ1) is 18.1. The van der Waals surface area contributed by atoms with Gasteiger partial charge in [-0.1, -0.05) is 0 Å². The Morgan fingerprint density at radius 1 is 1.17 bits per heavy atom. The number of halogens is 3. The van der Waals surface area contributed by atoms with Crippen LogP contribution in [0.25, 0.3) is 5.65 Å². The van der Waals surface area contributed by atoms with Gasteiger partial charge in [-0.05, 0) is 43.0 Å². The van der Waals surface area contributed by atoms with Gasteiger partial charge in [-0.25, -0.2) is 4.98 Å². The lowest BCUT2D eigenvalue weighted by Gasteiger charge is -2.30. The van der Waals surface area contributed by atoms with Crippen LogP contribution in [-0.4, -0.2) is 26.1 Å². The van der Waals surface area contributed by atoms with Crippen LogP contribution in [-0.2, 0) is 19.1 Å². The predicted molar refractivity (Wildman–Crippen MR) is 100.0 cm³/mol. The minimum absolute atomic E-state index is 0.239. The van der Waals surface area contributed by atoms with Crippen LogP contribution in [0.3, 0.4) is 0 Å². The van der Waals surface area contributed by atoms with Crippen LogP contribution in [0.5, 0.6) is 0 Å². The molecule has 2 aliphatic rings. The second-order valence-electron chi connectivity index (χ2n) is 7.71. The Labute approximate surface area is 164 Å². The van der Waals surface area contributed by atoms with E-state index in [1.165, 1.54) is 10.6 Å². The number of nitrogens with zero attached hydrogens (tertiary/aromatic N) is 5. The van der Waals surface area contributed by atoms with Crippen LogP contribution >= 0.6 is 0 Å². The predicted octanol–water partition coefficient (Wildman–Crippen LogP) is 3.25. The SMILES string of the molecule is Cc1cc2nc(C3CC3)cc(=O)n2nc1N1CCc2ncc(C(F)(F)F)cc2C1. The average molecular weight is 401 g/mol. The molecule has 1 saturated carbocycles. The van der Waals surface area contributed by atoms with Crippen molar-refractivity contribution in [3.63, 3.8) is 0 Å². The van der Waals surface area contributed by atoms with Crippen molar-refractivity contribution in [1.29, 1.82) is 0 Å².